The van der Waals surface area contributed by atoms with Crippen molar-refractivity contribution in [1.82, 2.24) is 5.32 Å². The summed E-state index contributed by atoms with van der Waals surface area (Å²) in [6.07, 6.45) is 0.611. The number of carbonyl (C=O) groups excluding carboxylic acids is 1. The smallest absolute Gasteiger partial charge is 0.289 e. The van der Waals surface area contributed by atoms with Crippen molar-refractivity contribution >= 4 is 17.3 Å². The van der Waals surface area contributed by atoms with Crippen LogP contribution in [0, 0.1) is 21.4 Å². The molecule has 7 heteroatoms. The lowest BCUT2D eigenvalue weighted by Gasteiger charge is -2.36. The first kappa shape index (κ1) is 13.8. The minimum Gasteiger partial charge on any atom is -0.358 e. The molecule has 7 nitrogen and oxygen atoms in total. The number of amides is 1. The maximum absolute atomic E-state index is 11.8. The SMILES string of the molecule is CCC1C(=O)NCCN1c1ccc(C#N)c([N+](=O)[O-])c1. The second-order valence-electron chi connectivity index (χ2n) is 4.48. The Kier molecular flexibility index (Phi) is 3.84. The Balaban J connectivity index is 2.42. The molecule has 1 aliphatic rings. The van der Waals surface area contributed by atoms with Gasteiger partial charge in [0.05, 0.1) is 4.92 Å². The second-order valence-corrected chi connectivity index (χ2v) is 4.48. The molecule has 2 rings (SSSR count). The summed E-state index contributed by atoms with van der Waals surface area (Å²) in [6, 6.07) is 5.89. The average Bonchev–Trinajstić information content (AvgIpc) is 2.46. The number of nitrogens with one attached hydrogen (secondary N) is 1. The fourth-order valence-corrected chi connectivity index (χ4v) is 2.37. The molecule has 1 unspecified atom stereocenters. The fraction of sp³-hybridized carbons (Fsp3) is 0.385. The number of rotatable bonds is 3. The largest absolute Gasteiger partial charge is 0.358 e. The summed E-state index contributed by atoms with van der Waals surface area (Å²) in [7, 11) is 0. The first-order chi connectivity index (χ1) is 9.58. The molecule has 104 valence electrons. The molecule has 1 aromatic carbocycles. The summed E-state index contributed by atoms with van der Waals surface area (Å²) < 4.78 is 0. The van der Waals surface area contributed by atoms with E-state index in [1.807, 2.05) is 11.8 Å². The monoisotopic (exact) mass is 274 g/mol. The molecule has 0 radical (unpaired) electrons. The summed E-state index contributed by atoms with van der Waals surface area (Å²) >= 11 is 0. The van der Waals surface area contributed by atoms with E-state index in [1.165, 1.54) is 12.1 Å². The van der Waals surface area contributed by atoms with Gasteiger partial charge in [0.15, 0.2) is 0 Å². The summed E-state index contributed by atoms with van der Waals surface area (Å²) in [5.74, 6) is -0.0780. The second kappa shape index (κ2) is 5.57. The van der Waals surface area contributed by atoms with Crippen LogP contribution in [0.4, 0.5) is 11.4 Å². The van der Waals surface area contributed by atoms with E-state index >= 15 is 0 Å². The Bertz CT molecular complexity index is 594. The third-order valence-corrected chi connectivity index (χ3v) is 3.35. The van der Waals surface area contributed by atoms with E-state index in [-0.39, 0.29) is 23.2 Å². The minimum atomic E-state index is -0.576. The van der Waals surface area contributed by atoms with Gasteiger partial charge in [-0.05, 0) is 18.6 Å². The van der Waals surface area contributed by atoms with Crippen LogP contribution in [0.5, 0.6) is 0 Å². The normalized spacial score (nSPS) is 18.3. The number of benzene rings is 1. The summed E-state index contributed by atoms with van der Waals surface area (Å²) in [4.78, 5) is 24.1. The van der Waals surface area contributed by atoms with Gasteiger partial charge in [-0.25, -0.2) is 0 Å². The van der Waals surface area contributed by atoms with Crippen molar-refractivity contribution in [2.45, 2.75) is 19.4 Å². The quantitative estimate of drug-likeness (QED) is 0.659. The zero-order valence-electron chi connectivity index (χ0n) is 11.0. The molecule has 0 bridgehead atoms. The maximum Gasteiger partial charge on any atom is 0.289 e. The van der Waals surface area contributed by atoms with E-state index in [1.54, 1.807) is 12.1 Å². The van der Waals surface area contributed by atoms with Gasteiger partial charge in [-0.2, -0.15) is 5.26 Å². The van der Waals surface area contributed by atoms with Gasteiger partial charge in [0.25, 0.3) is 5.69 Å². The van der Waals surface area contributed by atoms with Crippen LogP contribution < -0.4 is 10.2 Å². The van der Waals surface area contributed by atoms with Gasteiger partial charge in [-0.3, -0.25) is 14.9 Å². The van der Waals surface area contributed by atoms with Crippen molar-refractivity contribution in [3.8, 4) is 6.07 Å². The third kappa shape index (κ3) is 2.40. The molecule has 0 aromatic heterocycles. The summed E-state index contributed by atoms with van der Waals surface area (Å²) in [5, 5.41) is 22.6. The van der Waals surface area contributed by atoms with Gasteiger partial charge < -0.3 is 10.2 Å². The first-order valence-electron chi connectivity index (χ1n) is 6.31. The highest BCUT2D eigenvalue weighted by Crippen LogP contribution is 2.27. The van der Waals surface area contributed by atoms with Crippen LogP contribution in [0.2, 0.25) is 0 Å². The molecule has 1 heterocycles. The van der Waals surface area contributed by atoms with Crippen LogP contribution in [-0.4, -0.2) is 30.0 Å². The van der Waals surface area contributed by atoms with E-state index in [9.17, 15) is 14.9 Å². The van der Waals surface area contributed by atoms with Crippen LogP contribution in [0.15, 0.2) is 18.2 Å². The molecule has 20 heavy (non-hydrogen) atoms. The van der Waals surface area contributed by atoms with E-state index in [0.717, 1.165) is 0 Å². The summed E-state index contributed by atoms with van der Waals surface area (Å²) in [6.45, 7) is 2.98. The van der Waals surface area contributed by atoms with Crippen molar-refractivity contribution in [2.75, 3.05) is 18.0 Å². The Morgan fingerprint density at radius 3 is 2.95 bits per heavy atom. The number of nitriles is 1. The molecule has 1 aromatic rings. The van der Waals surface area contributed by atoms with Crippen LogP contribution in [0.1, 0.15) is 18.9 Å². The number of nitro benzene ring substituents is 1. The Morgan fingerprint density at radius 2 is 2.35 bits per heavy atom. The molecule has 1 saturated heterocycles. The lowest BCUT2D eigenvalue weighted by Crippen LogP contribution is -2.55. The van der Waals surface area contributed by atoms with Crippen LogP contribution in [-0.2, 0) is 4.79 Å². The Labute approximate surface area is 115 Å². The fourth-order valence-electron chi connectivity index (χ4n) is 2.37. The van der Waals surface area contributed by atoms with Gasteiger partial charge in [0.2, 0.25) is 5.91 Å². The van der Waals surface area contributed by atoms with Gasteiger partial charge in [-0.1, -0.05) is 6.92 Å². The number of piperazine rings is 1. The lowest BCUT2D eigenvalue weighted by atomic mass is 10.1. The molecule has 1 atom stereocenters. The maximum atomic E-state index is 11.8. The molecule has 1 N–H and O–H groups in total. The van der Waals surface area contributed by atoms with E-state index in [2.05, 4.69) is 5.32 Å². The molecule has 1 fully saturated rings. The van der Waals surface area contributed by atoms with Crippen molar-refractivity contribution in [1.29, 1.82) is 5.26 Å². The third-order valence-electron chi connectivity index (χ3n) is 3.35. The van der Waals surface area contributed by atoms with Crippen LogP contribution in [0.25, 0.3) is 0 Å². The number of hydrogen-bond acceptors (Lipinski definition) is 5. The molecule has 0 saturated carbocycles. The number of hydrogen-bond donors (Lipinski definition) is 1. The van der Waals surface area contributed by atoms with Crippen LogP contribution in [0.3, 0.4) is 0 Å². The van der Waals surface area contributed by atoms with Crippen LogP contribution >= 0.6 is 0 Å². The standard InChI is InChI=1S/C13H14N4O3/c1-2-11-13(18)15-5-6-16(11)10-4-3-9(8-14)12(7-10)17(19)20/h3-4,7,11H,2,5-6H2,1H3,(H,15,18). The Hall–Kier alpha value is -2.62. The number of nitro groups is 1. The molecule has 0 spiro atoms. The topological polar surface area (TPSA) is 99.3 Å². The van der Waals surface area contributed by atoms with Gasteiger partial charge in [0.1, 0.15) is 17.7 Å². The van der Waals surface area contributed by atoms with Crippen molar-refractivity contribution in [2.24, 2.45) is 0 Å². The van der Waals surface area contributed by atoms with Gasteiger partial charge in [-0.15, -0.1) is 0 Å². The number of carbonyl (C=O) groups is 1. The first-order valence-corrected chi connectivity index (χ1v) is 6.31. The molecule has 1 amide bonds. The molecular formula is C13H14N4O3. The average molecular weight is 274 g/mol. The van der Waals surface area contributed by atoms with Gasteiger partial charge in [0, 0.05) is 24.8 Å². The molecular weight excluding hydrogens is 260 g/mol. The van der Waals surface area contributed by atoms with E-state index in [0.29, 0.717) is 25.2 Å². The number of anilines is 1. The molecule has 1 aliphatic heterocycles. The summed E-state index contributed by atoms with van der Waals surface area (Å²) in [5.41, 5.74) is 0.386. The molecule has 0 aliphatic carbocycles. The van der Waals surface area contributed by atoms with Crippen molar-refractivity contribution in [3.63, 3.8) is 0 Å². The van der Waals surface area contributed by atoms with E-state index < -0.39 is 4.92 Å². The van der Waals surface area contributed by atoms with Crippen molar-refractivity contribution in [3.05, 3.63) is 33.9 Å². The predicted molar refractivity (Wildman–Crippen MR) is 72.2 cm³/mol. The predicted octanol–water partition coefficient (Wildman–Crippen LogP) is 1.18. The highest BCUT2D eigenvalue weighted by atomic mass is 16.6. The number of nitrogens with zero attached hydrogens (tertiary/aromatic N) is 3. The lowest BCUT2D eigenvalue weighted by molar-refractivity contribution is -0.385. The van der Waals surface area contributed by atoms with E-state index in [4.69, 9.17) is 5.26 Å². The zero-order valence-corrected chi connectivity index (χ0v) is 11.0. The minimum absolute atomic E-state index is 0.0215. The highest BCUT2D eigenvalue weighted by molar-refractivity contribution is 5.86. The van der Waals surface area contributed by atoms with Gasteiger partial charge >= 0.3 is 0 Å². The Morgan fingerprint density at radius 1 is 1.60 bits per heavy atom. The zero-order chi connectivity index (χ0) is 14.7. The van der Waals surface area contributed by atoms with Crippen molar-refractivity contribution < 1.29 is 9.72 Å². The highest BCUT2D eigenvalue weighted by Gasteiger charge is 2.29.